The van der Waals surface area contributed by atoms with Gasteiger partial charge in [0.15, 0.2) is 0 Å². The fourth-order valence-electron chi connectivity index (χ4n) is 4.48. The SMILES string of the molecule is CC(C)(C)OC(=O)N1CCC(N2CCC(NS(=O)(=O)c3ccc4cc(Cl)ccc4c3)C2=O)CC1. The first-order valence-corrected chi connectivity index (χ1v) is 13.3. The summed E-state index contributed by atoms with van der Waals surface area (Å²) in [5, 5.41) is 2.17. The molecule has 1 N–H and O–H groups in total. The van der Waals surface area contributed by atoms with E-state index in [-0.39, 0.29) is 22.9 Å². The monoisotopic (exact) mass is 507 g/mol. The number of carbonyl (C=O) groups excluding carboxylic acids is 2. The van der Waals surface area contributed by atoms with E-state index >= 15 is 0 Å². The zero-order valence-electron chi connectivity index (χ0n) is 19.6. The second-order valence-corrected chi connectivity index (χ2v) is 12.0. The molecule has 2 aliphatic heterocycles. The number of halogens is 1. The predicted octanol–water partition coefficient (Wildman–Crippen LogP) is 3.77. The van der Waals surface area contributed by atoms with Crippen molar-refractivity contribution in [2.24, 2.45) is 0 Å². The minimum atomic E-state index is -3.87. The van der Waals surface area contributed by atoms with Crippen molar-refractivity contribution in [3.8, 4) is 0 Å². The molecule has 0 spiro atoms. The van der Waals surface area contributed by atoms with E-state index in [9.17, 15) is 18.0 Å². The smallest absolute Gasteiger partial charge is 0.410 e. The lowest BCUT2D eigenvalue weighted by molar-refractivity contribution is -0.131. The van der Waals surface area contributed by atoms with E-state index in [0.29, 0.717) is 43.9 Å². The van der Waals surface area contributed by atoms with Crippen molar-refractivity contribution >= 4 is 44.4 Å². The Balaban J connectivity index is 1.37. The topological polar surface area (TPSA) is 96.0 Å². The maximum Gasteiger partial charge on any atom is 0.410 e. The van der Waals surface area contributed by atoms with Crippen LogP contribution in [-0.4, -0.2) is 67.5 Å². The summed E-state index contributed by atoms with van der Waals surface area (Å²) in [6.07, 6.45) is 1.34. The van der Waals surface area contributed by atoms with Crippen molar-refractivity contribution < 1.29 is 22.7 Å². The molecule has 34 heavy (non-hydrogen) atoms. The second-order valence-electron chi connectivity index (χ2n) is 9.85. The van der Waals surface area contributed by atoms with Crippen LogP contribution in [0.15, 0.2) is 41.3 Å². The Hall–Kier alpha value is -2.36. The fourth-order valence-corrected chi connectivity index (χ4v) is 5.92. The van der Waals surface area contributed by atoms with Gasteiger partial charge in [-0.3, -0.25) is 4.79 Å². The number of sulfonamides is 1. The van der Waals surface area contributed by atoms with Gasteiger partial charge in [0.2, 0.25) is 15.9 Å². The van der Waals surface area contributed by atoms with Crippen LogP contribution in [0.2, 0.25) is 5.02 Å². The standard InChI is InChI=1S/C24H30ClN3O5S/c1-24(2,3)33-23(30)27-11-8-19(9-12-27)28-13-10-21(22(28)29)26-34(31,32)20-7-5-16-14-18(25)6-4-17(16)15-20/h4-7,14-15,19,21,26H,8-13H2,1-3H3. The van der Waals surface area contributed by atoms with Gasteiger partial charge in [0.1, 0.15) is 11.6 Å². The Kier molecular flexibility index (Phi) is 6.81. The van der Waals surface area contributed by atoms with Gasteiger partial charge in [-0.1, -0.05) is 23.7 Å². The maximum atomic E-state index is 13.0. The zero-order valence-corrected chi connectivity index (χ0v) is 21.2. The van der Waals surface area contributed by atoms with Crippen LogP contribution in [0.1, 0.15) is 40.0 Å². The van der Waals surface area contributed by atoms with Crippen molar-refractivity contribution in [1.29, 1.82) is 0 Å². The molecular weight excluding hydrogens is 478 g/mol. The van der Waals surface area contributed by atoms with E-state index in [1.165, 1.54) is 6.07 Å². The summed E-state index contributed by atoms with van der Waals surface area (Å²) in [5.41, 5.74) is -0.554. The number of hydrogen-bond acceptors (Lipinski definition) is 5. The van der Waals surface area contributed by atoms with Crippen LogP contribution in [0.3, 0.4) is 0 Å². The normalized spacial score (nSPS) is 20.2. The highest BCUT2D eigenvalue weighted by Crippen LogP contribution is 2.26. The lowest BCUT2D eigenvalue weighted by atomic mass is 10.0. The Morgan fingerprint density at radius 1 is 1.03 bits per heavy atom. The van der Waals surface area contributed by atoms with Gasteiger partial charge in [-0.25, -0.2) is 13.2 Å². The molecule has 2 aromatic rings. The minimum Gasteiger partial charge on any atom is -0.444 e. The summed E-state index contributed by atoms with van der Waals surface area (Å²) in [5.74, 6) is -0.216. The first-order chi connectivity index (χ1) is 15.9. The third-order valence-corrected chi connectivity index (χ3v) is 7.88. The highest BCUT2D eigenvalue weighted by molar-refractivity contribution is 7.89. The average Bonchev–Trinajstić information content (AvgIpc) is 3.11. The molecule has 2 fully saturated rings. The zero-order chi connectivity index (χ0) is 24.7. The Morgan fingerprint density at radius 2 is 1.68 bits per heavy atom. The number of piperidine rings is 1. The molecule has 8 nitrogen and oxygen atoms in total. The summed E-state index contributed by atoms with van der Waals surface area (Å²) in [7, 11) is -3.87. The molecule has 1 unspecified atom stereocenters. The Morgan fingerprint density at radius 3 is 2.35 bits per heavy atom. The number of amides is 2. The summed E-state index contributed by atoms with van der Waals surface area (Å²) in [4.78, 5) is 28.9. The van der Waals surface area contributed by atoms with E-state index in [0.717, 1.165) is 10.8 Å². The molecule has 2 heterocycles. The number of nitrogens with one attached hydrogen (secondary N) is 1. The van der Waals surface area contributed by atoms with E-state index < -0.39 is 21.7 Å². The Labute approximate surface area is 205 Å². The number of rotatable bonds is 4. The first-order valence-electron chi connectivity index (χ1n) is 11.4. The van der Waals surface area contributed by atoms with Gasteiger partial charge in [-0.05, 0) is 75.1 Å². The third-order valence-electron chi connectivity index (χ3n) is 6.18. The molecule has 2 aromatic carbocycles. The molecule has 0 aromatic heterocycles. The van der Waals surface area contributed by atoms with Crippen molar-refractivity contribution in [3.05, 3.63) is 41.4 Å². The largest absolute Gasteiger partial charge is 0.444 e. The van der Waals surface area contributed by atoms with Gasteiger partial charge < -0.3 is 14.5 Å². The lowest BCUT2D eigenvalue weighted by Crippen LogP contribution is -2.50. The average molecular weight is 508 g/mol. The van der Waals surface area contributed by atoms with Crippen molar-refractivity contribution in [1.82, 2.24) is 14.5 Å². The van der Waals surface area contributed by atoms with Gasteiger partial charge >= 0.3 is 6.09 Å². The molecule has 1 atom stereocenters. The number of hydrogen-bond donors (Lipinski definition) is 1. The molecular formula is C24H30ClN3O5S. The lowest BCUT2D eigenvalue weighted by Gasteiger charge is -2.37. The van der Waals surface area contributed by atoms with Crippen LogP contribution in [0.4, 0.5) is 4.79 Å². The van der Waals surface area contributed by atoms with Crippen molar-refractivity contribution in [2.45, 2.75) is 62.6 Å². The number of likely N-dealkylation sites (tertiary alicyclic amines) is 2. The summed E-state index contributed by atoms with van der Waals surface area (Å²) in [6.45, 7) is 6.97. The Bertz CT molecular complexity index is 1200. The number of nitrogens with zero attached hydrogens (tertiary/aromatic N) is 2. The quantitative estimate of drug-likeness (QED) is 0.679. The number of fused-ring (bicyclic) bond motifs is 1. The third kappa shape index (κ3) is 5.47. The van der Waals surface area contributed by atoms with Crippen LogP contribution < -0.4 is 4.72 Å². The van der Waals surface area contributed by atoms with Crippen LogP contribution in [0, 0.1) is 0 Å². The summed E-state index contributed by atoms with van der Waals surface area (Å²) in [6, 6.07) is 9.23. The molecule has 10 heteroatoms. The molecule has 0 saturated carbocycles. The van der Waals surface area contributed by atoms with Gasteiger partial charge in [0.25, 0.3) is 0 Å². The number of carbonyl (C=O) groups is 2. The predicted molar refractivity (Wildman–Crippen MR) is 130 cm³/mol. The van der Waals surface area contributed by atoms with Crippen LogP contribution in [0.25, 0.3) is 10.8 Å². The molecule has 0 radical (unpaired) electrons. The van der Waals surface area contributed by atoms with Crippen molar-refractivity contribution in [3.63, 3.8) is 0 Å². The van der Waals surface area contributed by atoms with Gasteiger partial charge in [-0.15, -0.1) is 0 Å². The van der Waals surface area contributed by atoms with E-state index in [4.69, 9.17) is 16.3 Å². The highest BCUT2D eigenvalue weighted by Gasteiger charge is 2.40. The number of benzene rings is 2. The molecule has 2 amide bonds. The van der Waals surface area contributed by atoms with Crippen molar-refractivity contribution in [2.75, 3.05) is 19.6 Å². The van der Waals surface area contributed by atoms with Crippen LogP contribution in [0.5, 0.6) is 0 Å². The molecule has 2 saturated heterocycles. The van der Waals surface area contributed by atoms with E-state index in [2.05, 4.69) is 4.72 Å². The second kappa shape index (κ2) is 9.36. The van der Waals surface area contributed by atoms with Crippen LogP contribution >= 0.6 is 11.6 Å². The molecule has 4 rings (SSSR count). The minimum absolute atomic E-state index is 0.0221. The van der Waals surface area contributed by atoms with Gasteiger partial charge in [0.05, 0.1) is 4.90 Å². The molecule has 0 aliphatic carbocycles. The van der Waals surface area contributed by atoms with Gasteiger partial charge in [-0.2, -0.15) is 4.72 Å². The summed E-state index contributed by atoms with van der Waals surface area (Å²) >= 11 is 6.01. The maximum absolute atomic E-state index is 13.0. The fraction of sp³-hybridized carbons (Fsp3) is 0.500. The van der Waals surface area contributed by atoms with Crippen LogP contribution in [-0.2, 0) is 19.6 Å². The van der Waals surface area contributed by atoms with Gasteiger partial charge in [0, 0.05) is 30.7 Å². The highest BCUT2D eigenvalue weighted by atomic mass is 35.5. The van der Waals surface area contributed by atoms with E-state index in [1.54, 1.807) is 40.1 Å². The molecule has 2 aliphatic rings. The number of ether oxygens (including phenoxy) is 1. The molecule has 0 bridgehead atoms. The molecule has 184 valence electrons. The van der Waals surface area contributed by atoms with E-state index in [1.807, 2.05) is 20.8 Å². The first kappa shape index (κ1) is 24.8. The summed E-state index contributed by atoms with van der Waals surface area (Å²) < 4.78 is 34.0.